The number of pyridine rings is 1. The van der Waals surface area contributed by atoms with Crippen molar-refractivity contribution in [1.29, 1.82) is 0 Å². The molecule has 4 nitrogen and oxygen atoms in total. The Morgan fingerprint density at radius 1 is 1.32 bits per heavy atom. The summed E-state index contributed by atoms with van der Waals surface area (Å²) in [6, 6.07) is 6.35. The van der Waals surface area contributed by atoms with Gasteiger partial charge >= 0.3 is 0 Å². The number of rotatable bonds is 5. The number of aromatic nitrogens is 3. The maximum absolute atomic E-state index is 4.46. The Bertz CT molecular complexity index is 531. The third-order valence-electron chi connectivity index (χ3n) is 3.56. The molecule has 19 heavy (non-hydrogen) atoms. The van der Waals surface area contributed by atoms with E-state index in [2.05, 4.69) is 42.2 Å². The van der Waals surface area contributed by atoms with Crippen LogP contribution in [0.3, 0.4) is 0 Å². The largest absolute Gasteiger partial charge is 0.310 e. The first-order valence-corrected chi connectivity index (χ1v) is 6.73. The summed E-state index contributed by atoms with van der Waals surface area (Å²) in [6.07, 6.45) is 2.79. The first-order valence-electron chi connectivity index (χ1n) is 6.73. The van der Waals surface area contributed by atoms with Crippen molar-refractivity contribution in [3.8, 4) is 0 Å². The van der Waals surface area contributed by atoms with E-state index in [1.807, 2.05) is 30.1 Å². The minimum absolute atomic E-state index is 0.317. The highest BCUT2D eigenvalue weighted by Gasteiger charge is 2.15. The number of nitrogens with zero attached hydrogens (tertiary/aromatic N) is 3. The molecule has 102 valence electrons. The molecule has 0 aliphatic heterocycles. The van der Waals surface area contributed by atoms with E-state index in [4.69, 9.17) is 0 Å². The molecule has 0 spiro atoms. The van der Waals surface area contributed by atoms with Crippen LogP contribution in [0, 0.1) is 13.8 Å². The molecule has 2 aromatic rings. The van der Waals surface area contributed by atoms with Crippen molar-refractivity contribution < 1.29 is 0 Å². The lowest BCUT2D eigenvalue weighted by Crippen LogP contribution is -2.22. The van der Waals surface area contributed by atoms with E-state index < -0.39 is 0 Å². The Morgan fingerprint density at radius 3 is 2.68 bits per heavy atom. The van der Waals surface area contributed by atoms with Crippen molar-refractivity contribution in [2.45, 2.75) is 33.2 Å². The monoisotopic (exact) mass is 258 g/mol. The molecular formula is C15H22N4. The lowest BCUT2D eigenvalue weighted by atomic mass is 10.1. The lowest BCUT2D eigenvalue weighted by Gasteiger charge is -2.14. The number of aryl methyl sites for hydroxylation is 2. The second-order valence-corrected chi connectivity index (χ2v) is 4.95. The summed E-state index contributed by atoms with van der Waals surface area (Å²) >= 11 is 0. The standard InChI is InChI=1S/C15H22N4/c1-11(15-12(2)18-19(4)13(15)3)16-10-8-14-7-5-6-9-17-14/h5-7,9,11,16H,8,10H2,1-4H3. The smallest absolute Gasteiger partial charge is 0.0644 e. The minimum Gasteiger partial charge on any atom is -0.310 e. The zero-order valence-electron chi connectivity index (χ0n) is 12.1. The van der Waals surface area contributed by atoms with Crippen LogP contribution in [0.4, 0.5) is 0 Å². The van der Waals surface area contributed by atoms with Gasteiger partial charge in [0.25, 0.3) is 0 Å². The lowest BCUT2D eigenvalue weighted by molar-refractivity contribution is 0.568. The van der Waals surface area contributed by atoms with Gasteiger partial charge in [-0.25, -0.2) is 0 Å². The minimum atomic E-state index is 0.317. The van der Waals surface area contributed by atoms with Gasteiger partial charge in [-0.2, -0.15) is 5.10 Å². The van der Waals surface area contributed by atoms with Crippen LogP contribution in [0.15, 0.2) is 24.4 Å². The molecule has 0 saturated carbocycles. The van der Waals surface area contributed by atoms with Gasteiger partial charge in [0.2, 0.25) is 0 Å². The van der Waals surface area contributed by atoms with E-state index in [0.29, 0.717) is 6.04 Å². The second kappa shape index (κ2) is 5.97. The molecule has 0 aliphatic rings. The fourth-order valence-corrected chi connectivity index (χ4v) is 2.48. The first kappa shape index (κ1) is 13.7. The van der Waals surface area contributed by atoms with Gasteiger partial charge in [0.15, 0.2) is 0 Å². The predicted octanol–water partition coefficient (Wildman–Crippen LogP) is 2.33. The summed E-state index contributed by atoms with van der Waals surface area (Å²) in [5.74, 6) is 0. The maximum atomic E-state index is 4.46. The van der Waals surface area contributed by atoms with Gasteiger partial charge < -0.3 is 5.32 Å². The van der Waals surface area contributed by atoms with Gasteiger partial charge in [-0.3, -0.25) is 9.67 Å². The molecule has 0 aromatic carbocycles. The van der Waals surface area contributed by atoms with Crippen molar-refractivity contribution in [1.82, 2.24) is 20.1 Å². The Balaban J connectivity index is 1.93. The van der Waals surface area contributed by atoms with E-state index in [0.717, 1.165) is 24.4 Å². The SMILES string of the molecule is Cc1nn(C)c(C)c1C(C)NCCc1ccccn1. The van der Waals surface area contributed by atoms with Gasteiger partial charge in [0.1, 0.15) is 0 Å². The van der Waals surface area contributed by atoms with Crippen molar-refractivity contribution in [3.63, 3.8) is 0 Å². The summed E-state index contributed by atoms with van der Waals surface area (Å²) in [5.41, 5.74) is 4.78. The summed E-state index contributed by atoms with van der Waals surface area (Å²) in [7, 11) is 1.99. The summed E-state index contributed by atoms with van der Waals surface area (Å²) in [5, 5.41) is 8.01. The average molecular weight is 258 g/mol. The Morgan fingerprint density at radius 2 is 2.11 bits per heavy atom. The molecular weight excluding hydrogens is 236 g/mol. The Kier molecular flexibility index (Phi) is 4.32. The molecule has 2 rings (SSSR count). The van der Waals surface area contributed by atoms with Crippen LogP contribution in [0.25, 0.3) is 0 Å². The number of nitrogens with one attached hydrogen (secondary N) is 1. The fraction of sp³-hybridized carbons (Fsp3) is 0.467. The molecule has 0 bridgehead atoms. The fourth-order valence-electron chi connectivity index (χ4n) is 2.48. The quantitative estimate of drug-likeness (QED) is 0.895. The van der Waals surface area contributed by atoms with E-state index in [-0.39, 0.29) is 0 Å². The normalized spacial score (nSPS) is 12.6. The predicted molar refractivity (Wildman–Crippen MR) is 77.0 cm³/mol. The van der Waals surface area contributed by atoms with Gasteiger partial charge in [0, 0.05) is 49.2 Å². The highest BCUT2D eigenvalue weighted by molar-refractivity contribution is 5.27. The Hall–Kier alpha value is -1.68. The Labute approximate surface area is 114 Å². The molecule has 1 unspecified atom stereocenters. The van der Waals surface area contributed by atoms with E-state index in [1.165, 1.54) is 11.3 Å². The molecule has 1 N–H and O–H groups in total. The van der Waals surface area contributed by atoms with E-state index in [1.54, 1.807) is 0 Å². The number of hydrogen-bond donors (Lipinski definition) is 1. The maximum Gasteiger partial charge on any atom is 0.0644 e. The third-order valence-corrected chi connectivity index (χ3v) is 3.56. The van der Waals surface area contributed by atoms with Gasteiger partial charge in [-0.05, 0) is 32.9 Å². The second-order valence-electron chi connectivity index (χ2n) is 4.95. The highest BCUT2D eigenvalue weighted by atomic mass is 15.3. The van der Waals surface area contributed by atoms with Crippen LogP contribution in [0.2, 0.25) is 0 Å². The first-order chi connectivity index (χ1) is 9.09. The molecule has 0 amide bonds. The van der Waals surface area contributed by atoms with Crippen LogP contribution < -0.4 is 5.32 Å². The van der Waals surface area contributed by atoms with Crippen molar-refractivity contribution in [3.05, 3.63) is 47.0 Å². The topological polar surface area (TPSA) is 42.7 Å². The number of hydrogen-bond acceptors (Lipinski definition) is 3. The van der Waals surface area contributed by atoms with Gasteiger partial charge in [-0.15, -0.1) is 0 Å². The van der Waals surface area contributed by atoms with Gasteiger partial charge in [0.05, 0.1) is 5.69 Å². The summed E-state index contributed by atoms with van der Waals surface area (Å²) < 4.78 is 1.95. The van der Waals surface area contributed by atoms with E-state index >= 15 is 0 Å². The summed E-state index contributed by atoms with van der Waals surface area (Å²) in [6.45, 7) is 7.30. The zero-order chi connectivity index (χ0) is 13.8. The van der Waals surface area contributed by atoms with Crippen LogP contribution in [-0.2, 0) is 13.5 Å². The average Bonchev–Trinajstić information content (AvgIpc) is 2.64. The zero-order valence-corrected chi connectivity index (χ0v) is 12.1. The molecule has 0 saturated heterocycles. The van der Waals surface area contributed by atoms with Crippen molar-refractivity contribution in [2.24, 2.45) is 7.05 Å². The molecule has 2 heterocycles. The van der Waals surface area contributed by atoms with Crippen LogP contribution in [-0.4, -0.2) is 21.3 Å². The highest BCUT2D eigenvalue weighted by Crippen LogP contribution is 2.20. The molecule has 0 radical (unpaired) electrons. The molecule has 2 aromatic heterocycles. The molecule has 4 heteroatoms. The van der Waals surface area contributed by atoms with E-state index in [9.17, 15) is 0 Å². The van der Waals surface area contributed by atoms with Crippen LogP contribution >= 0.6 is 0 Å². The summed E-state index contributed by atoms with van der Waals surface area (Å²) in [4.78, 5) is 4.33. The molecule has 0 fully saturated rings. The van der Waals surface area contributed by atoms with Crippen LogP contribution in [0.5, 0.6) is 0 Å². The van der Waals surface area contributed by atoms with Gasteiger partial charge in [-0.1, -0.05) is 6.07 Å². The third kappa shape index (κ3) is 3.20. The van der Waals surface area contributed by atoms with Crippen molar-refractivity contribution >= 4 is 0 Å². The van der Waals surface area contributed by atoms with Crippen LogP contribution in [0.1, 0.15) is 35.6 Å². The van der Waals surface area contributed by atoms with Crippen molar-refractivity contribution in [2.75, 3.05) is 6.54 Å². The molecule has 1 atom stereocenters. The molecule has 0 aliphatic carbocycles.